The summed E-state index contributed by atoms with van der Waals surface area (Å²) >= 11 is 0. The Hall–Kier alpha value is -2.82. The Balaban J connectivity index is 1.80. The van der Waals surface area contributed by atoms with Gasteiger partial charge in [0.2, 0.25) is 0 Å². The molecule has 0 unspecified atom stereocenters. The maximum Gasteiger partial charge on any atom is 0.268 e. The van der Waals surface area contributed by atoms with Crippen molar-refractivity contribution in [1.82, 2.24) is 10.3 Å². The predicted molar refractivity (Wildman–Crippen MR) is 87.2 cm³/mol. The van der Waals surface area contributed by atoms with Crippen LogP contribution in [0.1, 0.15) is 21.6 Å². The van der Waals surface area contributed by atoms with Crippen molar-refractivity contribution < 1.29 is 13.9 Å². The number of H-pyrrole nitrogens is 1. The molecule has 2 aromatic carbocycles. The first-order chi connectivity index (χ1) is 11.1. The molecule has 5 heteroatoms. The highest BCUT2D eigenvalue weighted by Gasteiger charge is 2.14. The summed E-state index contributed by atoms with van der Waals surface area (Å²) in [5, 5.41) is 3.83. The molecule has 2 N–H and O–H groups in total. The molecule has 118 valence electrons. The van der Waals surface area contributed by atoms with Gasteiger partial charge in [-0.05, 0) is 42.3 Å². The van der Waals surface area contributed by atoms with Crippen molar-refractivity contribution in [2.45, 2.75) is 13.5 Å². The molecule has 0 radical (unpaired) electrons. The van der Waals surface area contributed by atoms with Crippen LogP contribution in [0.2, 0.25) is 0 Å². The molecule has 3 rings (SSSR count). The zero-order valence-electron chi connectivity index (χ0n) is 12.9. The largest absolute Gasteiger partial charge is 0.497 e. The molecule has 0 saturated heterocycles. The minimum Gasteiger partial charge on any atom is -0.497 e. The molecule has 0 aliphatic rings. The molecule has 1 heterocycles. The van der Waals surface area contributed by atoms with E-state index < -0.39 is 0 Å². The quantitative estimate of drug-likeness (QED) is 0.774. The first kappa shape index (κ1) is 15.1. The molecule has 0 atom stereocenters. The summed E-state index contributed by atoms with van der Waals surface area (Å²) in [6, 6.07) is 11.7. The SMILES string of the molecule is COc1ccc2c(C)c(C(=O)NCc3ccc(F)cc3)[nH]c2c1. The molecule has 0 saturated carbocycles. The molecule has 0 aliphatic heterocycles. The van der Waals surface area contributed by atoms with Gasteiger partial charge in [0.1, 0.15) is 17.3 Å². The molecular formula is C18H17FN2O2. The second-order valence-electron chi connectivity index (χ2n) is 5.35. The fraction of sp³-hybridized carbons (Fsp3) is 0.167. The van der Waals surface area contributed by atoms with Gasteiger partial charge in [-0.15, -0.1) is 0 Å². The second-order valence-corrected chi connectivity index (χ2v) is 5.35. The van der Waals surface area contributed by atoms with Crippen molar-refractivity contribution >= 4 is 16.8 Å². The lowest BCUT2D eigenvalue weighted by molar-refractivity contribution is 0.0946. The van der Waals surface area contributed by atoms with Crippen LogP contribution < -0.4 is 10.1 Å². The first-order valence-electron chi connectivity index (χ1n) is 7.27. The number of amides is 1. The van der Waals surface area contributed by atoms with Crippen LogP contribution >= 0.6 is 0 Å². The van der Waals surface area contributed by atoms with Crippen LogP contribution in [-0.2, 0) is 6.54 Å². The highest BCUT2D eigenvalue weighted by atomic mass is 19.1. The van der Waals surface area contributed by atoms with Gasteiger partial charge in [0.25, 0.3) is 5.91 Å². The standard InChI is InChI=1S/C18H17FN2O2/c1-11-15-8-7-14(23-2)9-16(15)21-17(11)18(22)20-10-12-3-5-13(19)6-4-12/h3-9,21H,10H2,1-2H3,(H,20,22). The monoisotopic (exact) mass is 312 g/mol. The number of carbonyl (C=O) groups excluding carboxylic acids is 1. The Labute approximate surface area is 133 Å². The number of nitrogens with one attached hydrogen (secondary N) is 2. The van der Waals surface area contributed by atoms with Crippen molar-refractivity contribution in [1.29, 1.82) is 0 Å². The van der Waals surface area contributed by atoms with Gasteiger partial charge in [-0.3, -0.25) is 4.79 Å². The van der Waals surface area contributed by atoms with Gasteiger partial charge in [-0.2, -0.15) is 0 Å². The van der Waals surface area contributed by atoms with E-state index in [-0.39, 0.29) is 11.7 Å². The number of aromatic nitrogens is 1. The first-order valence-corrected chi connectivity index (χ1v) is 7.27. The van der Waals surface area contributed by atoms with Gasteiger partial charge in [0.05, 0.1) is 7.11 Å². The normalized spacial score (nSPS) is 10.7. The van der Waals surface area contributed by atoms with E-state index in [9.17, 15) is 9.18 Å². The molecular weight excluding hydrogens is 295 g/mol. The van der Waals surface area contributed by atoms with Crippen molar-refractivity contribution in [2.75, 3.05) is 7.11 Å². The van der Waals surface area contributed by atoms with Gasteiger partial charge in [0.15, 0.2) is 0 Å². The molecule has 3 aromatic rings. The Kier molecular flexibility index (Phi) is 4.02. The average molecular weight is 312 g/mol. The number of halogens is 1. The molecule has 0 bridgehead atoms. The van der Waals surface area contributed by atoms with E-state index in [2.05, 4.69) is 10.3 Å². The summed E-state index contributed by atoms with van der Waals surface area (Å²) in [4.78, 5) is 15.5. The second kappa shape index (κ2) is 6.12. The minimum atomic E-state index is -0.291. The average Bonchev–Trinajstić information content (AvgIpc) is 2.90. The van der Waals surface area contributed by atoms with E-state index in [1.807, 2.05) is 25.1 Å². The zero-order chi connectivity index (χ0) is 16.4. The van der Waals surface area contributed by atoms with Crippen LogP contribution in [0.5, 0.6) is 5.75 Å². The summed E-state index contributed by atoms with van der Waals surface area (Å²) in [7, 11) is 1.60. The van der Waals surface area contributed by atoms with Gasteiger partial charge in [0, 0.05) is 23.5 Å². The molecule has 0 fully saturated rings. The third-order valence-electron chi connectivity index (χ3n) is 3.86. The van der Waals surface area contributed by atoms with Crippen molar-refractivity contribution in [2.24, 2.45) is 0 Å². The fourth-order valence-electron chi connectivity index (χ4n) is 2.54. The third-order valence-corrected chi connectivity index (χ3v) is 3.86. The fourth-order valence-corrected chi connectivity index (χ4v) is 2.54. The van der Waals surface area contributed by atoms with E-state index in [1.165, 1.54) is 12.1 Å². The summed E-state index contributed by atoms with van der Waals surface area (Å²) in [5.41, 5.74) is 3.11. The highest BCUT2D eigenvalue weighted by molar-refractivity contribution is 6.01. The van der Waals surface area contributed by atoms with E-state index >= 15 is 0 Å². The van der Waals surface area contributed by atoms with Crippen LogP contribution in [-0.4, -0.2) is 18.0 Å². The van der Waals surface area contributed by atoms with Crippen LogP contribution in [0, 0.1) is 12.7 Å². The number of ether oxygens (including phenoxy) is 1. The van der Waals surface area contributed by atoms with E-state index in [4.69, 9.17) is 4.74 Å². The summed E-state index contributed by atoms with van der Waals surface area (Å²) in [6.07, 6.45) is 0. The third kappa shape index (κ3) is 3.04. The maximum atomic E-state index is 12.9. The number of methoxy groups -OCH3 is 1. The lowest BCUT2D eigenvalue weighted by Crippen LogP contribution is -2.23. The van der Waals surface area contributed by atoms with E-state index in [0.29, 0.717) is 12.2 Å². The van der Waals surface area contributed by atoms with Gasteiger partial charge in [-0.1, -0.05) is 12.1 Å². The Morgan fingerprint density at radius 3 is 2.65 bits per heavy atom. The van der Waals surface area contributed by atoms with Gasteiger partial charge < -0.3 is 15.0 Å². The number of fused-ring (bicyclic) bond motifs is 1. The number of hydrogen-bond donors (Lipinski definition) is 2. The number of aromatic amines is 1. The van der Waals surface area contributed by atoms with E-state index in [1.54, 1.807) is 19.2 Å². The smallest absolute Gasteiger partial charge is 0.268 e. The number of hydrogen-bond acceptors (Lipinski definition) is 2. The van der Waals surface area contributed by atoms with Crippen molar-refractivity contribution in [3.63, 3.8) is 0 Å². The van der Waals surface area contributed by atoms with Crippen LogP contribution in [0.4, 0.5) is 4.39 Å². The number of carbonyl (C=O) groups is 1. The minimum absolute atomic E-state index is 0.193. The zero-order valence-corrected chi connectivity index (χ0v) is 12.9. The molecule has 0 spiro atoms. The molecule has 0 aliphatic carbocycles. The topological polar surface area (TPSA) is 54.1 Å². The lowest BCUT2D eigenvalue weighted by atomic mass is 10.1. The highest BCUT2D eigenvalue weighted by Crippen LogP contribution is 2.25. The number of rotatable bonds is 4. The summed E-state index contributed by atoms with van der Waals surface area (Å²) in [5.74, 6) is 0.250. The summed E-state index contributed by atoms with van der Waals surface area (Å²) in [6.45, 7) is 2.25. The Bertz CT molecular complexity index is 853. The van der Waals surface area contributed by atoms with Crippen LogP contribution in [0.25, 0.3) is 10.9 Å². The molecule has 1 aromatic heterocycles. The summed E-state index contributed by atoms with van der Waals surface area (Å²) < 4.78 is 18.1. The van der Waals surface area contributed by atoms with Crippen molar-refractivity contribution in [3.8, 4) is 5.75 Å². The van der Waals surface area contributed by atoms with Crippen LogP contribution in [0.15, 0.2) is 42.5 Å². The number of aryl methyl sites for hydroxylation is 1. The molecule has 23 heavy (non-hydrogen) atoms. The predicted octanol–water partition coefficient (Wildman–Crippen LogP) is 3.55. The van der Waals surface area contributed by atoms with Crippen molar-refractivity contribution in [3.05, 3.63) is 65.1 Å². The number of benzene rings is 2. The van der Waals surface area contributed by atoms with Gasteiger partial charge >= 0.3 is 0 Å². The lowest BCUT2D eigenvalue weighted by Gasteiger charge is -2.05. The maximum absolute atomic E-state index is 12.9. The van der Waals surface area contributed by atoms with Gasteiger partial charge in [-0.25, -0.2) is 4.39 Å². The Morgan fingerprint density at radius 1 is 1.22 bits per heavy atom. The van der Waals surface area contributed by atoms with E-state index in [0.717, 1.165) is 27.8 Å². The van der Waals surface area contributed by atoms with Crippen LogP contribution in [0.3, 0.4) is 0 Å². The Morgan fingerprint density at radius 2 is 1.96 bits per heavy atom. The molecule has 4 nitrogen and oxygen atoms in total. The molecule has 1 amide bonds.